The zero-order valence-corrected chi connectivity index (χ0v) is 12.2. The van der Waals surface area contributed by atoms with E-state index in [2.05, 4.69) is 0 Å². The summed E-state index contributed by atoms with van der Waals surface area (Å²) in [5.41, 5.74) is 5.78. The monoisotopic (exact) mass is 298 g/mol. The Balaban J connectivity index is 0.00000162. The number of halogens is 1. The molecule has 2 fully saturated rings. The molecule has 0 spiro atoms. The maximum absolute atomic E-state index is 12.2. The van der Waals surface area contributed by atoms with Gasteiger partial charge in [0.15, 0.2) is 0 Å². The second-order valence-corrected chi connectivity index (χ2v) is 7.02. The lowest BCUT2D eigenvalue weighted by Crippen LogP contribution is -2.45. The fourth-order valence-corrected chi connectivity index (χ4v) is 4.14. The summed E-state index contributed by atoms with van der Waals surface area (Å²) in [6.45, 7) is 1.83. The van der Waals surface area contributed by atoms with Crippen LogP contribution in [0.25, 0.3) is 0 Å². The zero-order valence-electron chi connectivity index (χ0n) is 10.6. The van der Waals surface area contributed by atoms with Crippen molar-refractivity contribution in [2.24, 2.45) is 5.73 Å². The number of hydrogen-bond acceptors (Lipinski definition) is 4. The lowest BCUT2D eigenvalue weighted by atomic mass is 10.1. The van der Waals surface area contributed by atoms with Gasteiger partial charge in [0.05, 0.1) is 11.9 Å². The molecule has 0 aromatic carbocycles. The highest BCUT2D eigenvalue weighted by Gasteiger charge is 2.30. The van der Waals surface area contributed by atoms with Crippen LogP contribution in [-0.4, -0.2) is 50.3 Å². The molecule has 2 heterocycles. The number of nitrogens with zero attached hydrogens (tertiary/aromatic N) is 1. The molecule has 2 rings (SSSR count). The van der Waals surface area contributed by atoms with Crippen LogP contribution < -0.4 is 5.73 Å². The summed E-state index contributed by atoms with van der Waals surface area (Å²) in [5, 5.41) is 0. The molecular formula is C11H23ClN2O3S. The van der Waals surface area contributed by atoms with Gasteiger partial charge in [-0.25, -0.2) is 12.7 Å². The van der Waals surface area contributed by atoms with Crippen molar-refractivity contribution < 1.29 is 13.2 Å². The predicted octanol–water partition coefficient (Wildman–Crippen LogP) is 0.730. The van der Waals surface area contributed by atoms with Gasteiger partial charge < -0.3 is 10.5 Å². The zero-order chi connectivity index (χ0) is 12.3. The van der Waals surface area contributed by atoms with Gasteiger partial charge in [-0.2, -0.15) is 0 Å². The molecule has 5 nitrogen and oxygen atoms in total. The smallest absolute Gasteiger partial charge is 0.216 e. The maximum atomic E-state index is 12.2. The van der Waals surface area contributed by atoms with E-state index in [1.54, 1.807) is 4.31 Å². The molecule has 0 aromatic rings. The van der Waals surface area contributed by atoms with Crippen molar-refractivity contribution >= 4 is 22.4 Å². The molecule has 2 aliphatic heterocycles. The maximum Gasteiger partial charge on any atom is 0.216 e. The van der Waals surface area contributed by atoms with Gasteiger partial charge in [-0.05, 0) is 32.1 Å². The Labute approximate surface area is 116 Å². The molecule has 0 aliphatic carbocycles. The van der Waals surface area contributed by atoms with Crippen LogP contribution in [0.3, 0.4) is 0 Å². The molecule has 2 N–H and O–H groups in total. The molecule has 0 radical (unpaired) electrons. The van der Waals surface area contributed by atoms with Gasteiger partial charge in [0.2, 0.25) is 10.0 Å². The number of rotatable bonds is 3. The van der Waals surface area contributed by atoms with E-state index in [-0.39, 0.29) is 30.3 Å². The predicted molar refractivity (Wildman–Crippen MR) is 73.4 cm³/mol. The molecular weight excluding hydrogens is 276 g/mol. The van der Waals surface area contributed by atoms with Crippen LogP contribution in [0.2, 0.25) is 0 Å². The summed E-state index contributed by atoms with van der Waals surface area (Å²) in [6.07, 6.45) is 4.42. The average molecular weight is 299 g/mol. The highest BCUT2D eigenvalue weighted by Crippen LogP contribution is 2.18. The third-order valence-corrected chi connectivity index (χ3v) is 5.51. The van der Waals surface area contributed by atoms with Gasteiger partial charge in [-0.1, -0.05) is 0 Å². The van der Waals surface area contributed by atoms with Gasteiger partial charge in [0, 0.05) is 25.7 Å². The first-order valence-corrected chi connectivity index (χ1v) is 8.04. The SMILES string of the molecule is Cl.NC1CCN(S(=O)(=O)CC2CCCCO2)CC1. The summed E-state index contributed by atoms with van der Waals surface area (Å²) in [7, 11) is -3.15. The Hall–Kier alpha value is 0.120. The van der Waals surface area contributed by atoms with E-state index < -0.39 is 10.0 Å². The van der Waals surface area contributed by atoms with Gasteiger partial charge in [0.25, 0.3) is 0 Å². The van der Waals surface area contributed by atoms with Crippen LogP contribution in [0.5, 0.6) is 0 Å². The minimum atomic E-state index is -3.15. The Morgan fingerprint density at radius 2 is 1.83 bits per heavy atom. The highest BCUT2D eigenvalue weighted by molar-refractivity contribution is 7.89. The van der Waals surface area contributed by atoms with Crippen molar-refractivity contribution in [3.63, 3.8) is 0 Å². The lowest BCUT2D eigenvalue weighted by Gasteiger charge is -2.31. The normalized spacial score (nSPS) is 27.7. The first-order valence-electron chi connectivity index (χ1n) is 6.43. The Morgan fingerprint density at radius 1 is 1.17 bits per heavy atom. The molecule has 1 atom stereocenters. The van der Waals surface area contributed by atoms with Gasteiger partial charge in [0.1, 0.15) is 0 Å². The van der Waals surface area contributed by atoms with Crippen LogP contribution in [0.15, 0.2) is 0 Å². The second-order valence-electron chi connectivity index (χ2n) is 5.00. The van der Waals surface area contributed by atoms with Crippen LogP contribution in [0, 0.1) is 0 Å². The number of ether oxygens (including phenoxy) is 1. The first-order chi connectivity index (χ1) is 8.08. The van der Waals surface area contributed by atoms with E-state index >= 15 is 0 Å². The van der Waals surface area contributed by atoms with Crippen LogP contribution in [-0.2, 0) is 14.8 Å². The number of hydrogen-bond donors (Lipinski definition) is 1. The number of piperidine rings is 1. The van der Waals surface area contributed by atoms with Gasteiger partial charge in [-0.3, -0.25) is 0 Å². The molecule has 1 unspecified atom stereocenters. The standard InChI is InChI=1S/C11H22N2O3S.ClH/c12-10-4-6-13(7-5-10)17(14,15)9-11-3-1-2-8-16-11;/h10-11H,1-9,12H2;1H. The number of sulfonamides is 1. The van der Waals surface area contributed by atoms with Crippen LogP contribution >= 0.6 is 12.4 Å². The lowest BCUT2D eigenvalue weighted by molar-refractivity contribution is 0.0298. The summed E-state index contributed by atoms with van der Waals surface area (Å²) >= 11 is 0. The highest BCUT2D eigenvalue weighted by atomic mass is 35.5. The first kappa shape index (κ1) is 16.2. The molecule has 18 heavy (non-hydrogen) atoms. The summed E-state index contributed by atoms with van der Waals surface area (Å²) in [4.78, 5) is 0. The van der Waals surface area contributed by atoms with Crippen LogP contribution in [0.1, 0.15) is 32.1 Å². The minimum absolute atomic E-state index is 0. The van der Waals surface area contributed by atoms with Crippen molar-refractivity contribution in [3.8, 4) is 0 Å². The van der Waals surface area contributed by atoms with E-state index in [1.807, 2.05) is 0 Å². The van der Waals surface area contributed by atoms with Gasteiger partial charge >= 0.3 is 0 Å². The molecule has 7 heteroatoms. The van der Waals surface area contributed by atoms with Crippen molar-refractivity contribution in [1.82, 2.24) is 4.31 Å². The fourth-order valence-electron chi connectivity index (χ4n) is 2.43. The van der Waals surface area contributed by atoms with E-state index in [9.17, 15) is 8.42 Å². The van der Waals surface area contributed by atoms with Crippen molar-refractivity contribution in [1.29, 1.82) is 0 Å². The fraction of sp³-hybridized carbons (Fsp3) is 1.00. The minimum Gasteiger partial charge on any atom is -0.377 e. The van der Waals surface area contributed by atoms with E-state index in [1.165, 1.54) is 0 Å². The third kappa shape index (κ3) is 4.35. The summed E-state index contributed by atoms with van der Waals surface area (Å²) in [6, 6.07) is 0.160. The van der Waals surface area contributed by atoms with Crippen molar-refractivity contribution in [2.75, 3.05) is 25.4 Å². The van der Waals surface area contributed by atoms with E-state index in [0.29, 0.717) is 19.7 Å². The topological polar surface area (TPSA) is 72.6 Å². The molecule has 0 saturated carbocycles. The van der Waals surface area contributed by atoms with Gasteiger partial charge in [-0.15, -0.1) is 12.4 Å². The summed E-state index contributed by atoms with van der Waals surface area (Å²) < 4.78 is 31.4. The molecule has 0 aromatic heterocycles. The summed E-state index contributed by atoms with van der Waals surface area (Å²) in [5.74, 6) is 0.141. The second kappa shape index (κ2) is 7.05. The molecule has 2 aliphatic rings. The van der Waals surface area contributed by atoms with Crippen molar-refractivity contribution in [3.05, 3.63) is 0 Å². The third-order valence-electron chi connectivity index (χ3n) is 3.56. The van der Waals surface area contributed by atoms with Crippen LogP contribution in [0.4, 0.5) is 0 Å². The number of nitrogens with two attached hydrogens (primary N) is 1. The molecule has 2 saturated heterocycles. The molecule has 0 bridgehead atoms. The van der Waals surface area contributed by atoms with E-state index in [0.717, 1.165) is 32.1 Å². The van der Waals surface area contributed by atoms with Crippen molar-refractivity contribution in [2.45, 2.75) is 44.2 Å². The molecule has 0 amide bonds. The Kier molecular flexibility index (Phi) is 6.34. The van der Waals surface area contributed by atoms with E-state index in [4.69, 9.17) is 10.5 Å². The average Bonchev–Trinajstić information content (AvgIpc) is 2.30. The molecule has 108 valence electrons. The largest absolute Gasteiger partial charge is 0.377 e. The Bertz CT molecular complexity index is 336. The Morgan fingerprint density at radius 3 is 2.39 bits per heavy atom. The quantitative estimate of drug-likeness (QED) is 0.834.